The number of rotatable bonds is 10. The predicted octanol–water partition coefficient (Wildman–Crippen LogP) is 4.37. The van der Waals surface area contributed by atoms with E-state index < -0.39 is 15.9 Å². The molecule has 0 fully saturated rings. The zero-order valence-electron chi connectivity index (χ0n) is 19.6. The third-order valence-corrected chi connectivity index (χ3v) is 6.51. The first-order chi connectivity index (χ1) is 17.8. The standard InChI is InChI=1S/C24H21ClN4O7S/c1-33-22-13-21(27-24(28-22)34-2)29-37(31,32)17-10-7-15(8-11-17)26-23(30)20-12-9-16(36-20)14-35-19-6-4-3-5-18(19)25/h3-13H,14H2,1-2H3,(H,26,30)(H,27,28,29). The number of nitrogens with zero attached hydrogens (tertiary/aromatic N) is 2. The average Bonchev–Trinajstić information content (AvgIpc) is 3.37. The molecule has 0 spiro atoms. The summed E-state index contributed by atoms with van der Waals surface area (Å²) in [5.41, 5.74) is 0.361. The number of halogens is 1. The molecule has 0 saturated heterocycles. The molecule has 13 heteroatoms. The van der Waals surface area contributed by atoms with Crippen molar-refractivity contribution < 1.29 is 31.8 Å². The maximum Gasteiger partial charge on any atom is 0.321 e. The summed E-state index contributed by atoms with van der Waals surface area (Å²) in [5, 5.41) is 3.11. The number of para-hydroxylation sites is 1. The highest BCUT2D eigenvalue weighted by Crippen LogP contribution is 2.25. The monoisotopic (exact) mass is 544 g/mol. The normalized spacial score (nSPS) is 11.0. The van der Waals surface area contributed by atoms with E-state index in [0.717, 1.165) is 0 Å². The van der Waals surface area contributed by atoms with Crippen LogP contribution in [0, 0.1) is 0 Å². The Hall–Kier alpha value is -4.29. The number of carbonyl (C=O) groups excluding carboxylic acids is 1. The van der Waals surface area contributed by atoms with Gasteiger partial charge in [-0.2, -0.15) is 9.97 Å². The van der Waals surface area contributed by atoms with E-state index in [-0.39, 0.29) is 35.0 Å². The Morgan fingerprint density at radius 3 is 2.46 bits per heavy atom. The molecule has 0 unspecified atom stereocenters. The van der Waals surface area contributed by atoms with Gasteiger partial charge in [-0.05, 0) is 48.5 Å². The van der Waals surface area contributed by atoms with Crippen molar-refractivity contribution in [2.24, 2.45) is 0 Å². The van der Waals surface area contributed by atoms with Gasteiger partial charge in [0, 0.05) is 11.8 Å². The number of ether oxygens (including phenoxy) is 3. The molecule has 192 valence electrons. The zero-order chi connectivity index (χ0) is 26.4. The van der Waals surface area contributed by atoms with E-state index in [1.54, 1.807) is 30.3 Å². The number of aromatic nitrogens is 2. The van der Waals surface area contributed by atoms with Crippen molar-refractivity contribution in [1.29, 1.82) is 0 Å². The minimum absolute atomic E-state index is 0.0341. The third-order valence-electron chi connectivity index (χ3n) is 4.83. The van der Waals surface area contributed by atoms with Gasteiger partial charge in [0.15, 0.2) is 11.6 Å². The SMILES string of the molecule is COc1cc(NS(=O)(=O)c2ccc(NC(=O)c3ccc(COc4ccccc4Cl)o3)cc2)nc(OC)n1. The van der Waals surface area contributed by atoms with E-state index in [0.29, 0.717) is 22.2 Å². The van der Waals surface area contributed by atoms with Crippen LogP contribution >= 0.6 is 11.6 Å². The van der Waals surface area contributed by atoms with E-state index in [2.05, 4.69) is 20.0 Å². The first-order valence-electron chi connectivity index (χ1n) is 10.6. The lowest BCUT2D eigenvalue weighted by Crippen LogP contribution is -2.15. The van der Waals surface area contributed by atoms with Gasteiger partial charge < -0.3 is 23.9 Å². The maximum atomic E-state index is 12.8. The number of benzene rings is 2. The van der Waals surface area contributed by atoms with Crippen LogP contribution < -0.4 is 24.2 Å². The van der Waals surface area contributed by atoms with Crippen LogP contribution in [0.3, 0.4) is 0 Å². The Bertz CT molecular complexity index is 1490. The van der Waals surface area contributed by atoms with Crippen molar-refractivity contribution in [2.45, 2.75) is 11.5 Å². The average molecular weight is 545 g/mol. The van der Waals surface area contributed by atoms with Gasteiger partial charge in [-0.1, -0.05) is 23.7 Å². The lowest BCUT2D eigenvalue weighted by atomic mass is 10.3. The fraction of sp³-hybridized carbons (Fsp3) is 0.125. The summed E-state index contributed by atoms with van der Waals surface area (Å²) in [6, 6.07) is 16.9. The van der Waals surface area contributed by atoms with Crippen molar-refractivity contribution in [3.8, 4) is 17.6 Å². The van der Waals surface area contributed by atoms with E-state index in [9.17, 15) is 13.2 Å². The molecule has 0 aliphatic heterocycles. The van der Waals surface area contributed by atoms with Gasteiger partial charge in [0.1, 0.15) is 18.1 Å². The number of furan rings is 1. The molecule has 0 atom stereocenters. The Morgan fingerprint density at radius 2 is 1.76 bits per heavy atom. The molecule has 2 N–H and O–H groups in total. The van der Waals surface area contributed by atoms with E-state index in [4.69, 9.17) is 30.2 Å². The molecule has 0 aliphatic rings. The number of hydrogen-bond donors (Lipinski definition) is 2. The summed E-state index contributed by atoms with van der Waals surface area (Å²) in [5.74, 6) is 0.553. The lowest BCUT2D eigenvalue weighted by molar-refractivity contribution is 0.0992. The van der Waals surface area contributed by atoms with Crippen LogP contribution in [0.5, 0.6) is 17.6 Å². The van der Waals surface area contributed by atoms with Crippen molar-refractivity contribution in [2.75, 3.05) is 24.3 Å². The molecule has 4 rings (SSSR count). The van der Waals surface area contributed by atoms with Gasteiger partial charge in [-0.15, -0.1) is 0 Å². The molecular formula is C24H21ClN4O7S. The highest BCUT2D eigenvalue weighted by molar-refractivity contribution is 7.92. The fourth-order valence-electron chi connectivity index (χ4n) is 3.05. The molecule has 0 bridgehead atoms. The number of anilines is 2. The summed E-state index contributed by atoms with van der Waals surface area (Å²) >= 11 is 6.06. The van der Waals surface area contributed by atoms with Crippen molar-refractivity contribution in [1.82, 2.24) is 9.97 Å². The van der Waals surface area contributed by atoms with Crippen LogP contribution in [-0.4, -0.2) is 38.5 Å². The minimum Gasteiger partial charge on any atom is -0.484 e. The van der Waals surface area contributed by atoms with Crippen molar-refractivity contribution in [3.63, 3.8) is 0 Å². The molecule has 37 heavy (non-hydrogen) atoms. The molecule has 1 amide bonds. The van der Waals surface area contributed by atoms with Gasteiger partial charge in [-0.25, -0.2) is 8.42 Å². The third kappa shape index (κ3) is 6.48. The van der Waals surface area contributed by atoms with Crippen molar-refractivity contribution in [3.05, 3.63) is 83.3 Å². The number of methoxy groups -OCH3 is 2. The Kier molecular flexibility index (Phi) is 7.80. The molecule has 0 radical (unpaired) electrons. The molecule has 11 nitrogen and oxygen atoms in total. The summed E-state index contributed by atoms with van der Waals surface area (Å²) in [6.07, 6.45) is 0. The molecule has 0 aliphatic carbocycles. The summed E-state index contributed by atoms with van der Waals surface area (Å²) < 4.78 is 49.0. The Labute approximate surface area is 217 Å². The largest absolute Gasteiger partial charge is 0.484 e. The van der Waals surface area contributed by atoms with Crippen LogP contribution in [-0.2, 0) is 16.6 Å². The summed E-state index contributed by atoms with van der Waals surface area (Å²) in [4.78, 5) is 20.4. The quantitative estimate of drug-likeness (QED) is 0.297. The highest BCUT2D eigenvalue weighted by Gasteiger charge is 2.18. The van der Waals surface area contributed by atoms with Crippen LogP contribution in [0.1, 0.15) is 16.3 Å². The number of hydrogen-bond acceptors (Lipinski definition) is 9. The Balaban J connectivity index is 1.38. The predicted molar refractivity (Wildman–Crippen MR) is 135 cm³/mol. The van der Waals surface area contributed by atoms with Crippen LogP contribution in [0.2, 0.25) is 5.02 Å². The van der Waals surface area contributed by atoms with Gasteiger partial charge >= 0.3 is 6.01 Å². The van der Waals surface area contributed by atoms with E-state index >= 15 is 0 Å². The molecule has 2 aromatic carbocycles. The van der Waals surface area contributed by atoms with Gasteiger partial charge in [0.25, 0.3) is 15.9 Å². The number of carbonyl (C=O) groups is 1. The van der Waals surface area contributed by atoms with Crippen LogP contribution in [0.25, 0.3) is 0 Å². The molecule has 4 aromatic rings. The van der Waals surface area contributed by atoms with Crippen LogP contribution in [0.4, 0.5) is 11.5 Å². The fourth-order valence-corrected chi connectivity index (χ4v) is 4.23. The maximum absolute atomic E-state index is 12.8. The second kappa shape index (κ2) is 11.2. The van der Waals surface area contributed by atoms with Gasteiger partial charge in [-0.3, -0.25) is 9.52 Å². The molecular weight excluding hydrogens is 524 g/mol. The number of sulfonamides is 1. The first kappa shape index (κ1) is 25.8. The number of nitrogens with one attached hydrogen (secondary N) is 2. The zero-order valence-corrected chi connectivity index (χ0v) is 21.2. The molecule has 2 heterocycles. The first-order valence-corrected chi connectivity index (χ1v) is 12.5. The second-order valence-electron chi connectivity index (χ2n) is 7.35. The summed E-state index contributed by atoms with van der Waals surface area (Å²) in [7, 11) is -1.27. The molecule has 0 saturated carbocycles. The van der Waals surface area contributed by atoms with E-state index in [1.807, 2.05) is 0 Å². The highest BCUT2D eigenvalue weighted by atomic mass is 35.5. The topological polar surface area (TPSA) is 142 Å². The summed E-state index contributed by atoms with van der Waals surface area (Å²) in [6.45, 7) is 0.0840. The van der Waals surface area contributed by atoms with Crippen LogP contribution in [0.15, 0.2) is 76.0 Å². The molecule has 2 aromatic heterocycles. The second-order valence-corrected chi connectivity index (χ2v) is 9.44. The Morgan fingerprint density at radius 1 is 1.00 bits per heavy atom. The van der Waals surface area contributed by atoms with Gasteiger partial charge in [0.05, 0.1) is 24.1 Å². The number of amides is 1. The van der Waals surface area contributed by atoms with Crippen molar-refractivity contribution >= 4 is 39.0 Å². The smallest absolute Gasteiger partial charge is 0.321 e. The minimum atomic E-state index is -4.00. The lowest BCUT2D eigenvalue weighted by Gasteiger charge is -2.10. The van der Waals surface area contributed by atoms with E-state index in [1.165, 1.54) is 50.6 Å². The van der Waals surface area contributed by atoms with Gasteiger partial charge in [0.2, 0.25) is 5.88 Å².